The summed E-state index contributed by atoms with van der Waals surface area (Å²) in [6.07, 6.45) is 1.89. The van der Waals surface area contributed by atoms with E-state index in [1.54, 1.807) is 0 Å². The number of nitrogens with zero attached hydrogens (tertiary/aromatic N) is 1. The lowest BCUT2D eigenvalue weighted by atomic mass is 9.97. The Bertz CT molecular complexity index is 513. The number of esters is 1. The van der Waals surface area contributed by atoms with Crippen LogP contribution in [0.15, 0.2) is 12.1 Å². The fourth-order valence-electron chi connectivity index (χ4n) is 3.06. The lowest BCUT2D eigenvalue weighted by molar-refractivity contribution is -0.150. The number of ether oxygens (including phenoxy) is 1. The first-order chi connectivity index (χ1) is 10.0. The SMILES string of the molecule is CCOC(=O)C1CCCN(Cc2cc(C)cc(C)c2O)C1. The Morgan fingerprint density at radius 3 is 2.90 bits per heavy atom. The number of hydrogen-bond donors (Lipinski definition) is 1. The molecule has 1 aromatic rings. The van der Waals surface area contributed by atoms with E-state index in [1.165, 1.54) is 0 Å². The number of rotatable bonds is 4. The van der Waals surface area contributed by atoms with Gasteiger partial charge in [0.2, 0.25) is 0 Å². The molecule has 4 nitrogen and oxygen atoms in total. The highest BCUT2D eigenvalue weighted by Gasteiger charge is 2.27. The number of carbonyl (C=O) groups excluding carboxylic acids is 1. The number of aryl methyl sites for hydroxylation is 2. The first-order valence-corrected chi connectivity index (χ1v) is 7.69. The van der Waals surface area contributed by atoms with Crippen molar-refractivity contribution in [2.24, 2.45) is 5.92 Å². The minimum atomic E-state index is -0.0909. The smallest absolute Gasteiger partial charge is 0.310 e. The van der Waals surface area contributed by atoms with Crippen LogP contribution in [0.5, 0.6) is 5.75 Å². The van der Waals surface area contributed by atoms with E-state index < -0.39 is 0 Å². The topological polar surface area (TPSA) is 49.8 Å². The number of piperidine rings is 1. The monoisotopic (exact) mass is 291 g/mol. The molecule has 1 unspecified atom stereocenters. The Kier molecular flexibility index (Phi) is 5.23. The maximum Gasteiger partial charge on any atom is 0.310 e. The maximum atomic E-state index is 11.9. The Morgan fingerprint density at radius 1 is 1.43 bits per heavy atom. The third-order valence-electron chi connectivity index (χ3n) is 4.04. The van der Waals surface area contributed by atoms with Crippen LogP contribution in [0.3, 0.4) is 0 Å². The van der Waals surface area contributed by atoms with Crippen LogP contribution in [0.2, 0.25) is 0 Å². The van der Waals surface area contributed by atoms with Crippen molar-refractivity contribution in [2.45, 2.75) is 40.2 Å². The second kappa shape index (κ2) is 6.94. The summed E-state index contributed by atoms with van der Waals surface area (Å²) >= 11 is 0. The Morgan fingerprint density at radius 2 is 2.19 bits per heavy atom. The summed E-state index contributed by atoms with van der Waals surface area (Å²) in [5.41, 5.74) is 3.00. The molecule has 4 heteroatoms. The molecule has 1 aliphatic heterocycles. The molecule has 1 aromatic carbocycles. The first kappa shape index (κ1) is 15.8. The lowest BCUT2D eigenvalue weighted by Crippen LogP contribution is -2.38. The minimum Gasteiger partial charge on any atom is -0.507 e. The van der Waals surface area contributed by atoms with Gasteiger partial charge < -0.3 is 9.84 Å². The predicted molar refractivity (Wildman–Crippen MR) is 82.2 cm³/mol. The largest absolute Gasteiger partial charge is 0.507 e. The summed E-state index contributed by atoms with van der Waals surface area (Å²) in [5.74, 6) is 0.248. The molecule has 0 aromatic heterocycles. The molecule has 116 valence electrons. The van der Waals surface area contributed by atoms with Gasteiger partial charge in [0.15, 0.2) is 0 Å². The van der Waals surface area contributed by atoms with E-state index in [4.69, 9.17) is 4.74 Å². The standard InChI is InChI=1S/C17H25NO3/c1-4-21-17(20)14-6-5-7-18(10-14)11-15-9-12(2)8-13(3)16(15)19/h8-9,14,19H,4-7,10-11H2,1-3H3. The van der Waals surface area contributed by atoms with Gasteiger partial charge in [0.05, 0.1) is 12.5 Å². The van der Waals surface area contributed by atoms with Crippen LogP contribution in [0.1, 0.15) is 36.5 Å². The van der Waals surface area contributed by atoms with Gasteiger partial charge in [0.1, 0.15) is 5.75 Å². The number of benzene rings is 1. The molecule has 0 radical (unpaired) electrons. The highest BCUT2D eigenvalue weighted by molar-refractivity contribution is 5.72. The van der Waals surface area contributed by atoms with Crippen LogP contribution in [-0.4, -0.2) is 35.7 Å². The zero-order valence-corrected chi connectivity index (χ0v) is 13.2. The van der Waals surface area contributed by atoms with Crippen LogP contribution < -0.4 is 0 Å². The predicted octanol–water partition coefficient (Wildman–Crippen LogP) is 2.78. The normalized spacial score (nSPS) is 19.5. The van der Waals surface area contributed by atoms with Crippen molar-refractivity contribution in [1.29, 1.82) is 0 Å². The van der Waals surface area contributed by atoms with Gasteiger partial charge in [-0.15, -0.1) is 0 Å². The van der Waals surface area contributed by atoms with E-state index >= 15 is 0 Å². The van der Waals surface area contributed by atoms with Crippen molar-refractivity contribution < 1.29 is 14.6 Å². The third-order valence-corrected chi connectivity index (χ3v) is 4.04. The molecule has 1 atom stereocenters. The van der Waals surface area contributed by atoms with Crippen molar-refractivity contribution >= 4 is 5.97 Å². The van der Waals surface area contributed by atoms with E-state index in [2.05, 4.69) is 4.90 Å². The Labute approximate surface area is 126 Å². The molecule has 0 bridgehead atoms. The second-order valence-corrected chi connectivity index (χ2v) is 5.92. The lowest BCUT2D eigenvalue weighted by Gasteiger charge is -2.31. The van der Waals surface area contributed by atoms with Crippen molar-refractivity contribution in [3.63, 3.8) is 0 Å². The van der Waals surface area contributed by atoms with Crippen LogP contribution in [0.4, 0.5) is 0 Å². The average Bonchev–Trinajstić information content (AvgIpc) is 2.45. The highest BCUT2D eigenvalue weighted by atomic mass is 16.5. The van der Waals surface area contributed by atoms with Gasteiger partial charge in [0, 0.05) is 18.7 Å². The van der Waals surface area contributed by atoms with Gasteiger partial charge in [0.25, 0.3) is 0 Å². The summed E-state index contributed by atoms with van der Waals surface area (Å²) in [6, 6.07) is 4.01. The Balaban J connectivity index is 2.04. The molecule has 1 N–H and O–H groups in total. The van der Waals surface area contributed by atoms with E-state index in [0.29, 0.717) is 25.4 Å². The summed E-state index contributed by atoms with van der Waals surface area (Å²) in [5, 5.41) is 10.2. The summed E-state index contributed by atoms with van der Waals surface area (Å²) in [7, 11) is 0. The quantitative estimate of drug-likeness (QED) is 0.867. The number of hydrogen-bond acceptors (Lipinski definition) is 4. The number of carbonyl (C=O) groups is 1. The van der Waals surface area contributed by atoms with Gasteiger partial charge in [-0.05, 0) is 45.7 Å². The number of aromatic hydroxyl groups is 1. The Hall–Kier alpha value is -1.55. The second-order valence-electron chi connectivity index (χ2n) is 5.92. The summed E-state index contributed by atoms with van der Waals surface area (Å²) in [4.78, 5) is 14.1. The third kappa shape index (κ3) is 3.97. The molecule has 1 fully saturated rings. The van der Waals surface area contributed by atoms with E-state index in [9.17, 15) is 9.90 Å². The van der Waals surface area contributed by atoms with Crippen molar-refractivity contribution in [3.05, 3.63) is 28.8 Å². The van der Waals surface area contributed by atoms with Crippen molar-refractivity contribution in [3.8, 4) is 5.75 Å². The van der Waals surface area contributed by atoms with Crippen LogP contribution >= 0.6 is 0 Å². The molecule has 0 spiro atoms. The zero-order valence-electron chi connectivity index (χ0n) is 13.2. The zero-order chi connectivity index (χ0) is 15.4. The summed E-state index contributed by atoms with van der Waals surface area (Å²) in [6.45, 7) is 8.59. The molecule has 0 amide bonds. The minimum absolute atomic E-state index is 0.0354. The molecule has 21 heavy (non-hydrogen) atoms. The van der Waals surface area contributed by atoms with Gasteiger partial charge in [-0.2, -0.15) is 0 Å². The number of phenols is 1. The highest BCUT2D eigenvalue weighted by Crippen LogP contribution is 2.27. The molecule has 1 saturated heterocycles. The molecule has 2 rings (SSSR count). The molecule has 1 aliphatic rings. The van der Waals surface area contributed by atoms with Crippen LogP contribution in [0, 0.1) is 19.8 Å². The van der Waals surface area contributed by atoms with Crippen LogP contribution in [0.25, 0.3) is 0 Å². The molecule has 1 heterocycles. The van der Waals surface area contributed by atoms with E-state index in [-0.39, 0.29) is 11.9 Å². The summed E-state index contributed by atoms with van der Waals surface area (Å²) < 4.78 is 5.13. The fourth-order valence-corrected chi connectivity index (χ4v) is 3.06. The maximum absolute atomic E-state index is 11.9. The van der Waals surface area contributed by atoms with Crippen molar-refractivity contribution in [1.82, 2.24) is 4.90 Å². The fraction of sp³-hybridized carbons (Fsp3) is 0.588. The average molecular weight is 291 g/mol. The molecule has 0 saturated carbocycles. The van der Waals surface area contributed by atoms with Gasteiger partial charge in [-0.3, -0.25) is 9.69 Å². The van der Waals surface area contributed by atoms with Gasteiger partial charge in [-0.25, -0.2) is 0 Å². The van der Waals surface area contributed by atoms with Crippen molar-refractivity contribution in [2.75, 3.05) is 19.7 Å². The molecular weight excluding hydrogens is 266 g/mol. The first-order valence-electron chi connectivity index (χ1n) is 7.69. The van der Waals surface area contributed by atoms with E-state index in [0.717, 1.165) is 36.1 Å². The number of likely N-dealkylation sites (tertiary alicyclic amines) is 1. The molecular formula is C17H25NO3. The van der Waals surface area contributed by atoms with Gasteiger partial charge >= 0.3 is 5.97 Å². The van der Waals surface area contributed by atoms with Gasteiger partial charge in [-0.1, -0.05) is 17.7 Å². The number of phenolic OH excluding ortho intramolecular Hbond substituents is 1. The van der Waals surface area contributed by atoms with Crippen LogP contribution in [-0.2, 0) is 16.1 Å². The molecule has 0 aliphatic carbocycles. The van der Waals surface area contributed by atoms with E-state index in [1.807, 2.05) is 32.9 Å².